The van der Waals surface area contributed by atoms with Gasteiger partial charge in [-0.3, -0.25) is 9.59 Å². The fraction of sp³-hybridized carbons (Fsp3) is 0.440. The SMILES string of the molecule is CCOC(=O)C1CCCN(C(=O)Nc2c(C)cc3c(c2C)c2ccccc2n3C(C)C)C1.Cc1cc2c(c(C)c1NC(=O)N1CCCC(C(=O)O)C1)c1ccccc1n2C(C)C. The highest BCUT2D eigenvalue weighted by molar-refractivity contribution is 6.14. The molecule has 2 fully saturated rings. The number of amides is 4. The van der Waals surface area contributed by atoms with E-state index in [9.17, 15) is 24.3 Å². The monoisotopic (exact) mass is 842 g/mol. The van der Waals surface area contributed by atoms with Gasteiger partial charge in [0.25, 0.3) is 0 Å². The van der Waals surface area contributed by atoms with E-state index in [1.165, 1.54) is 38.2 Å². The van der Waals surface area contributed by atoms with Crippen LogP contribution in [0.5, 0.6) is 0 Å². The smallest absolute Gasteiger partial charge is 0.321 e. The van der Waals surface area contributed by atoms with Gasteiger partial charge in [0.05, 0.1) is 29.5 Å². The first kappa shape index (κ1) is 44.0. The maximum atomic E-state index is 13.2. The topological polar surface area (TPSA) is 138 Å². The van der Waals surface area contributed by atoms with Crippen LogP contribution in [-0.4, -0.2) is 80.8 Å². The Kier molecular flexibility index (Phi) is 12.9. The lowest BCUT2D eigenvalue weighted by atomic mass is 9.98. The van der Waals surface area contributed by atoms with Crippen molar-refractivity contribution < 1.29 is 29.0 Å². The number of hydrogen-bond acceptors (Lipinski definition) is 5. The van der Waals surface area contributed by atoms with Gasteiger partial charge in [-0.2, -0.15) is 0 Å². The Labute approximate surface area is 364 Å². The number of carboxylic acid groups (broad SMARTS) is 1. The molecule has 8 rings (SSSR count). The third kappa shape index (κ3) is 8.31. The number of aryl methyl sites for hydroxylation is 4. The number of anilines is 2. The summed E-state index contributed by atoms with van der Waals surface area (Å²) in [5.41, 5.74) is 10.6. The molecule has 2 aliphatic rings. The van der Waals surface area contributed by atoms with Crippen molar-refractivity contribution >= 4 is 79.0 Å². The largest absolute Gasteiger partial charge is 0.481 e. The second-order valence-corrected chi connectivity index (χ2v) is 17.7. The number of rotatable bonds is 7. The first-order chi connectivity index (χ1) is 29.6. The van der Waals surface area contributed by atoms with Crippen LogP contribution in [0.4, 0.5) is 21.0 Å². The van der Waals surface area contributed by atoms with E-state index in [1.807, 2.05) is 26.8 Å². The van der Waals surface area contributed by atoms with Crippen molar-refractivity contribution in [3.63, 3.8) is 0 Å². The Bertz CT molecular complexity index is 2690. The third-order valence-corrected chi connectivity index (χ3v) is 12.8. The van der Waals surface area contributed by atoms with Crippen molar-refractivity contribution in [1.82, 2.24) is 18.9 Å². The highest BCUT2D eigenvalue weighted by Gasteiger charge is 2.31. The van der Waals surface area contributed by atoms with Gasteiger partial charge >= 0.3 is 24.0 Å². The van der Waals surface area contributed by atoms with Gasteiger partial charge in [0.2, 0.25) is 0 Å². The normalized spacial score (nSPS) is 16.9. The van der Waals surface area contributed by atoms with Crippen LogP contribution in [0.2, 0.25) is 0 Å². The van der Waals surface area contributed by atoms with Gasteiger partial charge in [0.1, 0.15) is 0 Å². The standard InChI is InChI=1S/C26H33N3O3.C24H29N3O3/c1-6-32-25(30)19-10-9-13-28(15-19)26(31)27-24-17(4)14-22-23(18(24)5)20-11-7-8-12-21(20)29(22)16(2)3;1-14(2)27-19-10-6-5-9-18(19)21-16(4)22(15(3)12-20(21)27)25-24(30)26-11-7-8-17(13-26)23(28)29/h7-8,11-12,14,16,19H,6,9-10,13,15H2,1-5H3,(H,27,31);5-6,9-10,12,14,17H,7-8,11,13H2,1-4H3,(H,25,30)(H,28,29). The predicted molar refractivity (Wildman–Crippen MR) is 250 cm³/mol. The second kappa shape index (κ2) is 18.1. The maximum absolute atomic E-state index is 13.2. The molecule has 4 heterocycles. The number of nitrogens with zero attached hydrogens (tertiary/aromatic N) is 4. The van der Waals surface area contributed by atoms with E-state index in [2.05, 4.69) is 116 Å². The molecule has 328 valence electrons. The highest BCUT2D eigenvalue weighted by Crippen LogP contribution is 2.40. The number of piperidine rings is 2. The number of aliphatic carboxylic acids is 1. The van der Waals surface area contributed by atoms with Crippen LogP contribution in [0, 0.1) is 39.5 Å². The molecule has 2 atom stereocenters. The van der Waals surface area contributed by atoms with E-state index < -0.39 is 11.9 Å². The summed E-state index contributed by atoms with van der Waals surface area (Å²) in [7, 11) is 0. The van der Waals surface area contributed by atoms with Crippen LogP contribution in [-0.2, 0) is 14.3 Å². The quantitative estimate of drug-likeness (QED) is 0.137. The second-order valence-electron chi connectivity index (χ2n) is 17.7. The van der Waals surface area contributed by atoms with Crippen molar-refractivity contribution in [1.29, 1.82) is 0 Å². The Morgan fingerprint density at radius 3 is 1.50 bits per heavy atom. The van der Waals surface area contributed by atoms with Gasteiger partial charge in [-0.05, 0) is 135 Å². The molecule has 0 spiro atoms. The lowest BCUT2D eigenvalue weighted by Gasteiger charge is -2.32. The van der Waals surface area contributed by atoms with Crippen molar-refractivity contribution in [3.05, 3.63) is 82.9 Å². The number of fused-ring (bicyclic) bond motifs is 6. The predicted octanol–water partition coefficient (Wildman–Crippen LogP) is 11.1. The van der Waals surface area contributed by atoms with E-state index in [0.717, 1.165) is 51.9 Å². The van der Waals surface area contributed by atoms with Crippen LogP contribution in [0.1, 0.15) is 94.6 Å². The van der Waals surface area contributed by atoms with E-state index in [4.69, 9.17) is 4.74 Å². The zero-order valence-corrected chi connectivity index (χ0v) is 37.7. The highest BCUT2D eigenvalue weighted by atomic mass is 16.5. The average Bonchev–Trinajstić information content (AvgIpc) is 3.77. The molecule has 2 aromatic heterocycles. The molecule has 4 amide bonds. The molecule has 12 heteroatoms. The van der Waals surface area contributed by atoms with Gasteiger partial charge in [-0.25, -0.2) is 9.59 Å². The number of ether oxygens (including phenoxy) is 1. The summed E-state index contributed by atoms with van der Waals surface area (Å²) in [6.07, 6.45) is 2.90. The summed E-state index contributed by atoms with van der Waals surface area (Å²) in [4.78, 5) is 53.0. The van der Waals surface area contributed by atoms with Crippen molar-refractivity contribution in [3.8, 4) is 0 Å². The fourth-order valence-electron chi connectivity index (χ4n) is 9.88. The maximum Gasteiger partial charge on any atom is 0.321 e. The molecule has 3 N–H and O–H groups in total. The molecule has 0 radical (unpaired) electrons. The summed E-state index contributed by atoms with van der Waals surface area (Å²) >= 11 is 0. The third-order valence-electron chi connectivity index (χ3n) is 12.8. The Hall–Kier alpha value is -6.04. The van der Waals surface area contributed by atoms with Crippen molar-refractivity contribution in [2.75, 3.05) is 43.4 Å². The van der Waals surface area contributed by atoms with Crippen LogP contribution >= 0.6 is 0 Å². The molecule has 0 saturated carbocycles. The number of benzene rings is 4. The molecule has 4 aromatic carbocycles. The summed E-state index contributed by atoms with van der Waals surface area (Å²) in [6.45, 7) is 21.0. The van der Waals surface area contributed by atoms with Crippen LogP contribution in [0.15, 0.2) is 60.7 Å². The fourth-order valence-corrected chi connectivity index (χ4v) is 9.88. The average molecular weight is 843 g/mol. The molecular formula is C50H62N6O6. The molecule has 0 aliphatic carbocycles. The first-order valence-corrected chi connectivity index (χ1v) is 22.2. The zero-order valence-electron chi connectivity index (χ0n) is 37.7. The Morgan fingerprint density at radius 1 is 0.661 bits per heavy atom. The number of carboxylic acids is 1. The number of carbonyl (C=O) groups excluding carboxylic acids is 3. The number of nitrogens with one attached hydrogen (secondary N) is 2. The van der Waals surface area contributed by atoms with Gasteiger partial charge in [-0.1, -0.05) is 36.4 Å². The number of para-hydroxylation sites is 2. The minimum atomic E-state index is -0.831. The summed E-state index contributed by atoms with van der Waals surface area (Å²) in [6, 6.07) is 21.4. The van der Waals surface area contributed by atoms with Gasteiger partial charge in [0.15, 0.2) is 0 Å². The molecule has 0 bridgehead atoms. The Balaban J connectivity index is 0.000000187. The molecule has 2 aliphatic heterocycles. The number of aromatic nitrogens is 2. The number of likely N-dealkylation sites (tertiary alicyclic amines) is 2. The van der Waals surface area contributed by atoms with Gasteiger partial charge in [-0.15, -0.1) is 0 Å². The number of urea groups is 2. The van der Waals surface area contributed by atoms with E-state index >= 15 is 0 Å². The van der Waals surface area contributed by atoms with Gasteiger partial charge in [0, 0.05) is 82.2 Å². The number of esters is 1. The minimum Gasteiger partial charge on any atom is -0.481 e. The summed E-state index contributed by atoms with van der Waals surface area (Å²) in [5.74, 6) is -1.77. The molecule has 12 nitrogen and oxygen atoms in total. The first-order valence-electron chi connectivity index (χ1n) is 22.2. The lowest BCUT2D eigenvalue weighted by molar-refractivity contribution is -0.149. The summed E-state index contributed by atoms with van der Waals surface area (Å²) in [5, 5.41) is 20.3. The summed E-state index contributed by atoms with van der Waals surface area (Å²) < 4.78 is 9.89. The van der Waals surface area contributed by atoms with E-state index in [0.29, 0.717) is 51.2 Å². The zero-order chi connectivity index (χ0) is 44.6. The molecule has 62 heavy (non-hydrogen) atoms. The molecular weight excluding hydrogens is 781 g/mol. The number of carbonyl (C=O) groups is 4. The van der Waals surface area contributed by atoms with Gasteiger partial charge < -0.3 is 39.4 Å². The molecule has 2 saturated heterocycles. The van der Waals surface area contributed by atoms with Crippen molar-refractivity contribution in [2.45, 2.75) is 100 Å². The molecule has 2 unspecified atom stereocenters. The Morgan fingerprint density at radius 2 is 1.08 bits per heavy atom. The van der Waals surface area contributed by atoms with Crippen LogP contribution in [0.25, 0.3) is 43.6 Å². The number of hydrogen-bond donors (Lipinski definition) is 3. The van der Waals surface area contributed by atoms with E-state index in [1.54, 1.807) is 9.80 Å². The minimum absolute atomic E-state index is 0.155. The lowest BCUT2D eigenvalue weighted by Crippen LogP contribution is -2.44. The molecule has 6 aromatic rings. The van der Waals surface area contributed by atoms with Crippen LogP contribution in [0.3, 0.4) is 0 Å². The van der Waals surface area contributed by atoms with Crippen LogP contribution < -0.4 is 10.6 Å². The van der Waals surface area contributed by atoms with E-state index in [-0.39, 0.29) is 30.5 Å². The van der Waals surface area contributed by atoms with Crippen molar-refractivity contribution in [2.24, 2.45) is 11.8 Å².